The molecule has 1 aromatic carbocycles. The number of ether oxygens (including phenoxy) is 1. The van der Waals surface area contributed by atoms with Crippen LogP contribution in [0.4, 0.5) is 5.88 Å². The fourth-order valence-electron chi connectivity index (χ4n) is 1.30. The van der Waals surface area contributed by atoms with Crippen LogP contribution in [0, 0.1) is 0 Å². The van der Waals surface area contributed by atoms with E-state index in [4.69, 9.17) is 14.9 Å². The molecule has 0 aliphatic carbocycles. The smallest absolute Gasteiger partial charge is 0.395 e. The summed E-state index contributed by atoms with van der Waals surface area (Å²) in [6.45, 7) is 2.37. The SMILES string of the molecule is CCOc1nc(-c2ccccc2)c(N)o1. The van der Waals surface area contributed by atoms with E-state index in [0.29, 0.717) is 12.3 Å². The minimum absolute atomic E-state index is 0.217. The standard InChI is InChI=1S/C11H12N2O2/c1-2-14-11-13-9(10(12)15-11)8-6-4-3-5-7-8/h3-7H,2,12H2,1H3. The normalized spacial score (nSPS) is 10.2. The second-order valence-electron chi connectivity index (χ2n) is 2.99. The molecule has 4 heteroatoms. The van der Waals surface area contributed by atoms with Crippen molar-refractivity contribution in [1.29, 1.82) is 0 Å². The molecule has 0 saturated heterocycles. The summed E-state index contributed by atoms with van der Waals surface area (Å²) in [5.41, 5.74) is 7.24. The summed E-state index contributed by atoms with van der Waals surface area (Å²) in [6.07, 6.45) is 0.217. The van der Waals surface area contributed by atoms with Gasteiger partial charge in [0.2, 0.25) is 5.88 Å². The third-order valence-electron chi connectivity index (χ3n) is 1.95. The molecule has 1 aromatic heterocycles. The Morgan fingerprint density at radius 2 is 2.07 bits per heavy atom. The Hall–Kier alpha value is -1.97. The molecule has 0 atom stereocenters. The number of oxazole rings is 1. The van der Waals surface area contributed by atoms with E-state index in [1.165, 1.54) is 0 Å². The van der Waals surface area contributed by atoms with Crippen LogP contribution in [-0.2, 0) is 0 Å². The molecule has 2 N–H and O–H groups in total. The monoisotopic (exact) mass is 204 g/mol. The Kier molecular flexibility index (Phi) is 2.58. The molecular formula is C11H12N2O2. The molecule has 4 nitrogen and oxygen atoms in total. The molecule has 0 amide bonds. The molecule has 15 heavy (non-hydrogen) atoms. The first-order valence-corrected chi connectivity index (χ1v) is 4.75. The van der Waals surface area contributed by atoms with Crippen LogP contribution in [0.2, 0.25) is 0 Å². The average molecular weight is 204 g/mol. The van der Waals surface area contributed by atoms with E-state index in [9.17, 15) is 0 Å². The van der Waals surface area contributed by atoms with Gasteiger partial charge in [0.1, 0.15) is 5.69 Å². The first kappa shape index (κ1) is 9.58. The van der Waals surface area contributed by atoms with Gasteiger partial charge in [0, 0.05) is 5.56 Å². The number of nitrogens with two attached hydrogens (primary N) is 1. The van der Waals surface area contributed by atoms with Crippen molar-refractivity contribution < 1.29 is 9.15 Å². The highest BCUT2D eigenvalue weighted by molar-refractivity contribution is 5.68. The second kappa shape index (κ2) is 4.04. The number of aromatic nitrogens is 1. The highest BCUT2D eigenvalue weighted by Crippen LogP contribution is 2.28. The summed E-state index contributed by atoms with van der Waals surface area (Å²) in [4.78, 5) is 4.16. The zero-order chi connectivity index (χ0) is 10.7. The molecule has 2 rings (SSSR count). The fourth-order valence-corrected chi connectivity index (χ4v) is 1.30. The van der Waals surface area contributed by atoms with Crippen molar-refractivity contribution in [2.75, 3.05) is 12.3 Å². The summed E-state index contributed by atoms with van der Waals surface area (Å²) in [7, 11) is 0. The van der Waals surface area contributed by atoms with Gasteiger partial charge >= 0.3 is 6.08 Å². The fraction of sp³-hybridized carbons (Fsp3) is 0.182. The van der Waals surface area contributed by atoms with Gasteiger partial charge in [-0.1, -0.05) is 30.3 Å². The molecule has 1 heterocycles. The van der Waals surface area contributed by atoms with Crippen LogP contribution < -0.4 is 10.5 Å². The van der Waals surface area contributed by atoms with Crippen LogP contribution in [0.15, 0.2) is 34.7 Å². The molecule has 0 bridgehead atoms. The Morgan fingerprint density at radius 3 is 2.73 bits per heavy atom. The van der Waals surface area contributed by atoms with Gasteiger partial charge in [-0.15, -0.1) is 0 Å². The predicted octanol–water partition coefficient (Wildman–Crippen LogP) is 2.32. The van der Waals surface area contributed by atoms with Crippen molar-refractivity contribution in [1.82, 2.24) is 4.98 Å². The van der Waals surface area contributed by atoms with Gasteiger partial charge in [0.05, 0.1) is 6.61 Å². The maximum atomic E-state index is 5.69. The molecule has 0 saturated carbocycles. The zero-order valence-electron chi connectivity index (χ0n) is 8.43. The van der Waals surface area contributed by atoms with E-state index in [1.807, 2.05) is 37.3 Å². The zero-order valence-corrected chi connectivity index (χ0v) is 8.43. The van der Waals surface area contributed by atoms with Crippen molar-refractivity contribution >= 4 is 5.88 Å². The van der Waals surface area contributed by atoms with Gasteiger partial charge < -0.3 is 14.9 Å². The summed E-state index contributed by atoms with van der Waals surface area (Å²) in [5, 5.41) is 0. The molecule has 78 valence electrons. The van der Waals surface area contributed by atoms with Crippen LogP contribution in [0.25, 0.3) is 11.3 Å². The van der Waals surface area contributed by atoms with E-state index in [0.717, 1.165) is 5.56 Å². The van der Waals surface area contributed by atoms with Crippen LogP contribution in [-0.4, -0.2) is 11.6 Å². The second-order valence-corrected chi connectivity index (χ2v) is 2.99. The summed E-state index contributed by atoms with van der Waals surface area (Å²) in [6, 6.07) is 9.62. The van der Waals surface area contributed by atoms with Crippen molar-refractivity contribution in [2.45, 2.75) is 6.92 Å². The number of nitrogen functional groups attached to an aromatic ring is 1. The van der Waals surface area contributed by atoms with E-state index in [2.05, 4.69) is 4.98 Å². The Balaban J connectivity index is 2.36. The summed E-state index contributed by atoms with van der Waals surface area (Å²) >= 11 is 0. The molecule has 0 fully saturated rings. The Bertz CT molecular complexity index is 437. The molecular weight excluding hydrogens is 192 g/mol. The van der Waals surface area contributed by atoms with Gasteiger partial charge in [-0.3, -0.25) is 0 Å². The molecule has 0 radical (unpaired) electrons. The van der Waals surface area contributed by atoms with Gasteiger partial charge in [0.25, 0.3) is 0 Å². The quantitative estimate of drug-likeness (QED) is 0.833. The third kappa shape index (κ3) is 1.93. The number of hydrogen-bond acceptors (Lipinski definition) is 4. The maximum Gasteiger partial charge on any atom is 0.395 e. The predicted molar refractivity (Wildman–Crippen MR) is 57.5 cm³/mol. The Morgan fingerprint density at radius 1 is 1.33 bits per heavy atom. The lowest BCUT2D eigenvalue weighted by Crippen LogP contribution is -1.90. The largest absolute Gasteiger partial charge is 0.450 e. The number of hydrogen-bond donors (Lipinski definition) is 1. The number of rotatable bonds is 3. The number of anilines is 1. The summed E-state index contributed by atoms with van der Waals surface area (Å²) < 4.78 is 10.3. The molecule has 0 aliphatic rings. The van der Waals surface area contributed by atoms with Crippen LogP contribution in [0.5, 0.6) is 6.08 Å². The van der Waals surface area contributed by atoms with E-state index < -0.39 is 0 Å². The number of nitrogens with zero attached hydrogens (tertiary/aromatic N) is 1. The number of benzene rings is 1. The molecule has 0 aliphatic heterocycles. The van der Waals surface area contributed by atoms with Crippen LogP contribution in [0.3, 0.4) is 0 Å². The van der Waals surface area contributed by atoms with Gasteiger partial charge in [0.15, 0.2) is 0 Å². The molecule has 0 spiro atoms. The van der Waals surface area contributed by atoms with Crippen molar-refractivity contribution in [3.8, 4) is 17.3 Å². The van der Waals surface area contributed by atoms with Crippen LogP contribution >= 0.6 is 0 Å². The molecule has 2 aromatic rings. The first-order chi connectivity index (χ1) is 7.31. The van der Waals surface area contributed by atoms with Crippen molar-refractivity contribution in [3.05, 3.63) is 30.3 Å². The highest BCUT2D eigenvalue weighted by atomic mass is 16.6. The minimum atomic E-state index is 0.217. The average Bonchev–Trinajstić information content (AvgIpc) is 2.61. The van der Waals surface area contributed by atoms with Gasteiger partial charge in [-0.2, -0.15) is 4.98 Å². The topological polar surface area (TPSA) is 61.3 Å². The Labute approximate surface area is 87.7 Å². The van der Waals surface area contributed by atoms with E-state index in [-0.39, 0.29) is 12.0 Å². The highest BCUT2D eigenvalue weighted by Gasteiger charge is 2.12. The lowest BCUT2D eigenvalue weighted by Gasteiger charge is -1.94. The van der Waals surface area contributed by atoms with Gasteiger partial charge in [-0.05, 0) is 6.92 Å². The van der Waals surface area contributed by atoms with Crippen LogP contribution in [0.1, 0.15) is 6.92 Å². The van der Waals surface area contributed by atoms with Crippen molar-refractivity contribution in [3.63, 3.8) is 0 Å². The molecule has 0 unspecified atom stereocenters. The minimum Gasteiger partial charge on any atom is -0.450 e. The van der Waals surface area contributed by atoms with E-state index in [1.54, 1.807) is 0 Å². The lowest BCUT2D eigenvalue weighted by atomic mass is 10.2. The summed E-state index contributed by atoms with van der Waals surface area (Å²) in [5.74, 6) is 0.282. The lowest BCUT2D eigenvalue weighted by molar-refractivity contribution is 0.248. The maximum absolute atomic E-state index is 5.69. The van der Waals surface area contributed by atoms with Crippen molar-refractivity contribution in [2.24, 2.45) is 0 Å². The van der Waals surface area contributed by atoms with Gasteiger partial charge in [-0.25, -0.2) is 0 Å². The third-order valence-corrected chi connectivity index (χ3v) is 1.95. The first-order valence-electron chi connectivity index (χ1n) is 4.75. The van der Waals surface area contributed by atoms with E-state index >= 15 is 0 Å².